The fourth-order valence-corrected chi connectivity index (χ4v) is 2.31. The quantitative estimate of drug-likeness (QED) is 0.752. The predicted octanol–water partition coefficient (Wildman–Crippen LogP) is 2.56. The van der Waals surface area contributed by atoms with Crippen LogP contribution in [0.15, 0.2) is 34.9 Å². The number of fused-ring (bicyclic) bond motifs is 1. The van der Waals surface area contributed by atoms with E-state index in [1.807, 2.05) is 24.3 Å². The molecule has 0 bridgehead atoms. The predicted molar refractivity (Wildman–Crippen MR) is 87.4 cm³/mol. The number of pyridine rings is 1. The number of para-hydroxylation sites is 1. The van der Waals surface area contributed by atoms with E-state index in [0.29, 0.717) is 13.2 Å². The van der Waals surface area contributed by atoms with Gasteiger partial charge in [0, 0.05) is 36.3 Å². The molecule has 1 amide bonds. The number of hydrogen-bond acceptors (Lipinski definition) is 4. The Labute approximate surface area is 132 Å². The van der Waals surface area contributed by atoms with Crippen molar-refractivity contribution in [3.8, 4) is 0 Å². The number of halogens is 1. The van der Waals surface area contributed by atoms with Gasteiger partial charge in [-0.2, -0.15) is 0 Å². The first-order valence-electron chi connectivity index (χ1n) is 6.74. The first kappa shape index (κ1) is 15.7. The zero-order chi connectivity index (χ0) is 15.1. The summed E-state index contributed by atoms with van der Waals surface area (Å²) in [4.78, 5) is 16.1. The monoisotopic (exact) mass is 351 g/mol. The minimum absolute atomic E-state index is 0.0415. The van der Waals surface area contributed by atoms with Crippen LogP contribution < -0.4 is 10.6 Å². The first-order chi connectivity index (χ1) is 10.2. The van der Waals surface area contributed by atoms with Gasteiger partial charge in [-0.25, -0.2) is 0 Å². The normalized spacial score (nSPS) is 10.6. The molecule has 0 unspecified atom stereocenters. The smallest absolute Gasteiger partial charge is 0.239 e. The standard InChI is InChI=1S/C15H18BrN3O2/c1-21-7-3-6-17-14(20)10-18-13-5-2-4-11-8-12(16)9-19-15(11)13/h2,4-5,8-9,18H,3,6-7,10H2,1H3,(H,17,20). The summed E-state index contributed by atoms with van der Waals surface area (Å²) in [5, 5.41) is 6.99. The van der Waals surface area contributed by atoms with Gasteiger partial charge in [-0.3, -0.25) is 9.78 Å². The maximum atomic E-state index is 11.7. The topological polar surface area (TPSA) is 63.2 Å². The number of ether oxygens (including phenoxy) is 1. The molecule has 2 rings (SSSR count). The van der Waals surface area contributed by atoms with Crippen LogP contribution in [0, 0.1) is 0 Å². The van der Waals surface area contributed by atoms with Crippen molar-refractivity contribution in [3.05, 3.63) is 34.9 Å². The lowest BCUT2D eigenvalue weighted by atomic mass is 10.2. The number of nitrogens with zero attached hydrogens (tertiary/aromatic N) is 1. The van der Waals surface area contributed by atoms with Gasteiger partial charge in [-0.05, 0) is 34.5 Å². The third-order valence-electron chi connectivity index (χ3n) is 2.96. The molecule has 1 heterocycles. The molecule has 6 heteroatoms. The van der Waals surface area contributed by atoms with Crippen LogP contribution in [0.2, 0.25) is 0 Å². The van der Waals surface area contributed by atoms with Gasteiger partial charge in [0.15, 0.2) is 0 Å². The van der Waals surface area contributed by atoms with Crippen LogP contribution in [-0.4, -0.2) is 37.7 Å². The number of hydrogen-bond donors (Lipinski definition) is 2. The van der Waals surface area contributed by atoms with Crippen LogP contribution in [0.3, 0.4) is 0 Å². The van der Waals surface area contributed by atoms with E-state index in [0.717, 1.165) is 27.5 Å². The molecule has 0 fully saturated rings. The molecule has 1 aromatic carbocycles. The molecule has 0 aliphatic heterocycles. The lowest BCUT2D eigenvalue weighted by molar-refractivity contribution is -0.119. The highest BCUT2D eigenvalue weighted by Gasteiger charge is 2.05. The zero-order valence-electron chi connectivity index (χ0n) is 11.9. The number of nitrogens with one attached hydrogen (secondary N) is 2. The average Bonchev–Trinajstić information content (AvgIpc) is 2.49. The summed E-state index contributed by atoms with van der Waals surface area (Å²) in [7, 11) is 1.65. The first-order valence-corrected chi connectivity index (χ1v) is 7.54. The van der Waals surface area contributed by atoms with Crippen LogP contribution in [0.4, 0.5) is 5.69 Å². The van der Waals surface area contributed by atoms with E-state index >= 15 is 0 Å². The van der Waals surface area contributed by atoms with Crippen LogP contribution in [0.1, 0.15) is 6.42 Å². The van der Waals surface area contributed by atoms with Crippen molar-refractivity contribution in [2.45, 2.75) is 6.42 Å². The molecule has 0 atom stereocenters. The van der Waals surface area contributed by atoms with Gasteiger partial charge in [0.2, 0.25) is 5.91 Å². The van der Waals surface area contributed by atoms with Crippen molar-refractivity contribution in [2.24, 2.45) is 0 Å². The number of anilines is 1. The third-order valence-corrected chi connectivity index (χ3v) is 3.40. The van der Waals surface area contributed by atoms with Crippen LogP contribution >= 0.6 is 15.9 Å². The highest BCUT2D eigenvalue weighted by atomic mass is 79.9. The Morgan fingerprint density at radius 2 is 2.29 bits per heavy atom. The number of amides is 1. The number of methoxy groups -OCH3 is 1. The maximum Gasteiger partial charge on any atom is 0.239 e. The molecule has 112 valence electrons. The fourth-order valence-electron chi connectivity index (χ4n) is 1.96. The number of benzene rings is 1. The molecule has 0 saturated heterocycles. The summed E-state index contributed by atoms with van der Waals surface area (Å²) >= 11 is 3.40. The van der Waals surface area contributed by atoms with E-state index in [2.05, 4.69) is 31.5 Å². The third kappa shape index (κ3) is 4.68. The Bertz CT molecular complexity index is 619. The van der Waals surface area contributed by atoms with Crippen molar-refractivity contribution in [1.82, 2.24) is 10.3 Å². The van der Waals surface area contributed by atoms with Crippen LogP contribution in [0.5, 0.6) is 0 Å². The van der Waals surface area contributed by atoms with Gasteiger partial charge < -0.3 is 15.4 Å². The van der Waals surface area contributed by atoms with E-state index in [1.165, 1.54) is 0 Å². The maximum absolute atomic E-state index is 11.7. The average molecular weight is 352 g/mol. The van der Waals surface area contributed by atoms with Crippen molar-refractivity contribution in [1.29, 1.82) is 0 Å². The van der Waals surface area contributed by atoms with Crippen molar-refractivity contribution < 1.29 is 9.53 Å². The van der Waals surface area contributed by atoms with Crippen molar-refractivity contribution in [2.75, 3.05) is 32.1 Å². The van der Waals surface area contributed by atoms with Crippen LogP contribution in [-0.2, 0) is 9.53 Å². The number of aromatic nitrogens is 1. The Morgan fingerprint density at radius 3 is 3.10 bits per heavy atom. The van der Waals surface area contributed by atoms with Crippen LogP contribution in [0.25, 0.3) is 10.9 Å². The molecule has 2 aromatic rings. The SMILES string of the molecule is COCCCNC(=O)CNc1cccc2cc(Br)cnc12. The Morgan fingerprint density at radius 1 is 1.43 bits per heavy atom. The highest BCUT2D eigenvalue weighted by Crippen LogP contribution is 2.23. The Balaban J connectivity index is 1.93. The molecular formula is C15H18BrN3O2. The van der Waals surface area contributed by atoms with E-state index in [-0.39, 0.29) is 12.5 Å². The van der Waals surface area contributed by atoms with E-state index in [4.69, 9.17) is 4.74 Å². The Kier molecular flexibility index (Phi) is 5.95. The number of carbonyl (C=O) groups excluding carboxylic acids is 1. The summed E-state index contributed by atoms with van der Waals surface area (Å²) in [6, 6.07) is 7.85. The summed E-state index contributed by atoms with van der Waals surface area (Å²) in [5.41, 5.74) is 1.71. The number of rotatable bonds is 7. The second kappa shape index (κ2) is 7.95. The van der Waals surface area contributed by atoms with Gasteiger partial charge in [-0.1, -0.05) is 12.1 Å². The lowest BCUT2D eigenvalue weighted by Gasteiger charge is -2.10. The summed E-state index contributed by atoms with van der Waals surface area (Å²) in [6.07, 6.45) is 2.56. The zero-order valence-corrected chi connectivity index (χ0v) is 13.4. The summed E-state index contributed by atoms with van der Waals surface area (Å²) in [5.74, 6) is -0.0415. The molecule has 1 aromatic heterocycles. The molecule has 0 radical (unpaired) electrons. The van der Waals surface area contributed by atoms with E-state index in [9.17, 15) is 4.79 Å². The molecule has 21 heavy (non-hydrogen) atoms. The molecule has 0 saturated carbocycles. The molecular weight excluding hydrogens is 334 g/mol. The molecule has 5 nitrogen and oxygen atoms in total. The Hall–Kier alpha value is -1.66. The molecule has 0 spiro atoms. The van der Waals surface area contributed by atoms with E-state index in [1.54, 1.807) is 13.3 Å². The number of carbonyl (C=O) groups is 1. The minimum atomic E-state index is -0.0415. The van der Waals surface area contributed by atoms with Gasteiger partial charge in [0.1, 0.15) is 0 Å². The highest BCUT2D eigenvalue weighted by molar-refractivity contribution is 9.10. The second-order valence-electron chi connectivity index (χ2n) is 4.58. The van der Waals surface area contributed by atoms with E-state index < -0.39 is 0 Å². The van der Waals surface area contributed by atoms with Crippen molar-refractivity contribution >= 4 is 38.4 Å². The second-order valence-corrected chi connectivity index (χ2v) is 5.50. The fraction of sp³-hybridized carbons (Fsp3) is 0.333. The van der Waals surface area contributed by atoms with Gasteiger partial charge in [-0.15, -0.1) is 0 Å². The minimum Gasteiger partial charge on any atom is -0.385 e. The van der Waals surface area contributed by atoms with Crippen molar-refractivity contribution in [3.63, 3.8) is 0 Å². The van der Waals surface area contributed by atoms with Gasteiger partial charge in [0.05, 0.1) is 17.7 Å². The molecule has 0 aliphatic carbocycles. The lowest BCUT2D eigenvalue weighted by Crippen LogP contribution is -2.31. The van der Waals surface area contributed by atoms with Gasteiger partial charge in [0.25, 0.3) is 0 Å². The van der Waals surface area contributed by atoms with Gasteiger partial charge >= 0.3 is 0 Å². The summed E-state index contributed by atoms with van der Waals surface area (Å²) < 4.78 is 5.87. The summed E-state index contributed by atoms with van der Waals surface area (Å²) in [6.45, 7) is 1.49. The molecule has 2 N–H and O–H groups in total. The molecule has 0 aliphatic rings. The largest absolute Gasteiger partial charge is 0.385 e.